The maximum absolute atomic E-state index is 4.72. The molecule has 0 unspecified atom stereocenters. The van der Waals surface area contributed by atoms with Gasteiger partial charge in [0.05, 0.1) is 11.2 Å². The quantitative estimate of drug-likeness (QED) is 0.476. The molecule has 1 heterocycles. The molecule has 0 fully saturated rings. The minimum absolute atomic E-state index is 0.0225. The molecule has 0 atom stereocenters. The van der Waals surface area contributed by atoms with Crippen molar-refractivity contribution >= 4 is 34.5 Å². The van der Waals surface area contributed by atoms with Crippen molar-refractivity contribution in [1.29, 1.82) is 0 Å². The van der Waals surface area contributed by atoms with Crippen LogP contribution >= 0.6 is 0 Å². The molecule has 1 aliphatic heterocycles. The van der Waals surface area contributed by atoms with Crippen LogP contribution in [0.4, 0.5) is 22.7 Å². The zero-order chi connectivity index (χ0) is 21.3. The number of nitrogens with zero attached hydrogens (tertiary/aromatic N) is 2. The van der Waals surface area contributed by atoms with Crippen molar-refractivity contribution in [2.24, 2.45) is 4.99 Å². The highest BCUT2D eigenvalue weighted by Crippen LogP contribution is 2.39. The average molecular weight is 396 g/mol. The van der Waals surface area contributed by atoms with Crippen LogP contribution in [0.3, 0.4) is 0 Å². The number of nitrogens with one attached hydrogen (secondary N) is 1. The first-order valence-corrected chi connectivity index (χ1v) is 10.4. The first kappa shape index (κ1) is 20.0. The standard InChI is InChI=1S/C27H29N3/c1-19-15-26-25(20(2)17-27(3,4)30(26)5)16-21(19)18-28-22-11-13-24(14-12-22)29-23-9-7-6-8-10-23/h6-18,29H,1-5H3. The van der Waals surface area contributed by atoms with Gasteiger partial charge in [-0.05, 0) is 92.9 Å². The summed E-state index contributed by atoms with van der Waals surface area (Å²) in [6, 6.07) is 22.9. The molecule has 1 N–H and O–H groups in total. The first-order chi connectivity index (χ1) is 14.3. The third-order valence-corrected chi connectivity index (χ3v) is 5.89. The number of benzene rings is 3. The van der Waals surface area contributed by atoms with E-state index < -0.39 is 0 Å². The summed E-state index contributed by atoms with van der Waals surface area (Å²) in [7, 11) is 2.17. The SMILES string of the molecule is CC1=CC(C)(C)N(C)c2cc(C)c(C=Nc3ccc(Nc4ccccc4)cc3)cc21. The summed E-state index contributed by atoms with van der Waals surface area (Å²) in [4.78, 5) is 7.07. The molecule has 0 aromatic heterocycles. The van der Waals surface area contributed by atoms with E-state index in [1.54, 1.807) is 0 Å². The summed E-state index contributed by atoms with van der Waals surface area (Å²) in [5.41, 5.74) is 9.37. The second-order valence-corrected chi connectivity index (χ2v) is 8.56. The molecule has 0 saturated carbocycles. The zero-order valence-electron chi connectivity index (χ0n) is 18.4. The van der Waals surface area contributed by atoms with E-state index in [-0.39, 0.29) is 5.54 Å². The van der Waals surface area contributed by atoms with Crippen molar-refractivity contribution in [1.82, 2.24) is 0 Å². The predicted octanol–water partition coefficient (Wildman–Crippen LogP) is 7.12. The fraction of sp³-hybridized carbons (Fsp3) is 0.222. The smallest absolute Gasteiger partial charge is 0.0631 e. The van der Waals surface area contributed by atoms with E-state index >= 15 is 0 Å². The molecular formula is C27H29N3. The number of likely N-dealkylation sites (N-methyl/N-ethyl adjacent to an activating group) is 1. The third kappa shape index (κ3) is 4.02. The van der Waals surface area contributed by atoms with Crippen molar-refractivity contribution in [3.05, 3.63) is 89.5 Å². The molecule has 4 rings (SSSR count). The molecule has 0 bridgehead atoms. The maximum atomic E-state index is 4.72. The second-order valence-electron chi connectivity index (χ2n) is 8.56. The van der Waals surface area contributed by atoms with Gasteiger partial charge in [-0.15, -0.1) is 0 Å². The van der Waals surface area contributed by atoms with Crippen LogP contribution < -0.4 is 10.2 Å². The molecule has 0 saturated heterocycles. The van der Waals surface area contributed by atoms with Crippen LogP contribution in [0.1, 0.15) is 37.5 Å². The van der Waals surface area contributed by atoms with Crippen molar-refractivity contribution in [3.63, 3.8) is 0 Å². The molecule has 152 valence electrons. The highest BCUT2D eigenvalue weighted by Gasteiger charge is 2.28. The van der Waals surface area contributed by atoms with E-state index in [1.165, 1.54) is 22.4 Å². The number of rotatable bonds is 4. The minimum Gasteiger partial charge on any atom is -0.365 e. The zero-order valence-corrected chi connectivity index (χ0v) is 18.4. The van der Waals surface area contributed by atoms with Gasteiger partial charge in [0.25, 0.3) is 0 Å². The van der Waals surface area contributed by atoms with E-state index in [1.807, 2.05) is 36.5 Å². The Morgan fingerprint density at radius 1 is 0.900 bits per heavy atom. The van der Waals surface area contributed by atoms with E-state index in [2.05, 4.69) is 87.4 Å². The van der Waals surface area contributed by atoms with Crippen LogP contribution in [0.25, 0.3) is 5.57 Å². The van der Waals surface area contributed by atoms with Crippen molar-refractivity contribution in [2.45, 2.75) is 33.2 Å². The highest BCUT2D eigenvalue weighted by molar-refractivity contribution is 5.90. The van der Waals surface area contributed by atoms with Gasteiger partial charge in [-0.25, -0.2) is 0 Å². The summed E-state index contributed by atoms with van der Waals surface area (Å²) in [5, 5.41) is 3.40. The first-order valence-electron chi connectivity index (χ1n) is 10.4. The molecule has 3 heteroatoms. The number of hydrogen-bond acceptors (Lipinski definition) is 3. The lowest BCUT2D eigenvalue weighted by Crippen LogP contribution is -2.42. The fourth-order valence-electron chi connectivity index (χ4n) is 3.92. The van der Waals surface area contributed by atoms with Gasteiger partial charge >= 0.3 is 0 Å². The summed E-state index contributed by atoms with van der Waals surface area (Å²) in [6.45, 7) is 8.85. The fourth-order valence-corrected chi connectivity index (χ4v) is 3.92. The maximum Gasteiger partial charge on any atom is 0.0631 e. The lowest BCUT2D eigenvalue weighted by molar-refractivity contribution is 0.597. The van der Waals surface area contributed by atoms with Crippen LogP contribution in [0.15, 0.2) is 77.8 Å². The molecule has 30 heavy (non-hydrogen) atoms. The number of para-hydroxylation sites is 1. The minimum atomic E-state index is 0.0225. The van der Waals surface area contributed by atoms with Crippen LogP contribution in [-0.4, -0.2) is 18.8 Å². The number of aryl methyl sites for hydroxylation is 1. The van der Waals surface area contributed by atoms with Crippen molar-refractivity contribution in [3.8, 4) is 0 Å². The average Bonchev–Trinajstić information content (AvgIpc) is 2.72. The molecular weight excluding hydrogens is 366 g/mol. The normalized spacial score (nSPS) is 15.1. The Morgan fingerprint density at radius 2 is 1.57 bits per heavy atom. The van der Waals surface area contributed by atoms with Crippen molar-refractivity contribution < 1.29 is 0 Å². The molecule has 0 aliphatic carbocycles. The lowest BCUT2D eigenvalue weighted by Gasteiger charge is -2.41. The topological polar surface area (TPSA) is 27.6 Å². The predicted molar refractivity (Wildman–Crippen MR) is 131 cm³/mol. The molecule has 3 aromatic carbocycles. The van der Waals surface area contributed by atoms with Crippen LogP contribution in [0.5, 0.6) is 0 Å². The third-order valence-electron chi connectivity index (χ3n) is 5.89. The number of allylic oxidation sites excluding steroid dienone is 1. The summed E-state index contributed by atoms with van der Waals surface area (Å²) < 4.78 is 0. The Hall–Kier alpha value is -3.33. The van der Waals surface area contributed by atoms with Crippen LogP contribution in [0.2, 0.25) is 0 Å². The number of hydrogen-bond donors (Lipinski definition) is 1. The van der Waals surface area contributed by atoms with E-state index in [0.717, 1.165) is 22.6 Å². The molecule has 1 aliphatic rings. The van der Waals surface area contributed by atoms with Gasteiger partial charge in [0.2, 0.25) is 0 Å². The Balaban J connectivity index is 1.55. The van der Waals surface area contributed by atoms with Gasteiger partial charge in [-0.1, -0.05) is 24.3 Å². The molecule has 3 nitrogen and oxygen atoms in total. The Kier molecular flexibility index (Phi) is 5.21. The number of anilines is 3. The van der Waals surface area contributed by atoms with Gasteiger partial charge in [0, 0.05) is 35.9 Å². The van der Waals surface area contributed by atoms with E-state index in [0.29, 0.717) is 0 Å². The largest absolute Gasteiger partial charge is 0.365 e. The molecule has 0 spiro atoms. The van der Waals surface area contributed by atoms with Gasteiger partial charge < -0.3 is 10.2 Å². The van der Waals surface area contributed by atoms with E-state index in [9.17, 15) is 0 Å². The Bertz CT molecular complexity index is 1110. The van der Waals surface area contributed by atoms with Gasteiger partial charge in [0.15, 0.2) is 0 Å². The molecule has 0 radical (unpaired) electrons. The highest BCUT2D eigenvalue weighted by atomic mass is 15.2. The Labute approximate surface area is 179 Å². The van der Waals surface area contributed by atoms with Gasteiger partial charge in [-0.2, -0.15) is 0 Å². The second kappa shape index (κ2) is 7.83. The summed E-state index contributed by atoms with van der Waals surface area (Å²) in [5.74, 6) is 0. The molecule has 0 amide bonds. The number of fused-ring (bicyclic) bond motifs is 1. The van der Waals surface area contributed by atoms with Crippen molar-refractivity contribution in [2.75, 3.05) is 17.3 Å². The van der Waals surface area contributed by atoms with E-state index in [4.69, 9.17) is 4.99 Å². The lowest BCUT2D eigenvalue weighted by atomic mass is 9.87. The number of aliphatic imine (C=N–C) groups is 1. The van der Waals surface area contributed by atoms with Gasteiger partial charge in [-0.3, -0.25) is 4.99 Å². The summed E-state index contributed by atoms with van der Waals surface area (Å²) >= 11 is 0. The van der Waals surface area contributed by atoms with Gasteiger partial charge in [0.1, 0.15) is 0 Å². The Morgan fingerprint density at radius 3 is 2.27 bits per heavy atom. The van der Waals surface area contributed by atoms with Crippen LogP contribution in [-0.2, 0) is 0 Å². The molecule has 3 aromatic rings. The monoisotopic (exact) mass is 395 g/mol. The van der Waals surface area contributed by atoms with Crippen LogP contribution in [0, 0.1) is 6.92 Å². The summed E-state index contributed by atoms with van der Waals surface area (Å²) in [6.07, 6.45) is 4.31.